The number of carbonyl (C=O) groups excluding carboxylic acids is 1. The molecule has 8 atom stereocenters. The number of hydrogen-bond donors (Lipinski definition) is 3. The summed E-state index contributed by atoms with van der Waals surface area (Å²) < 4.78 is 5.16. The maximum Gasteiger partial charge on any atom is 0.331 e. The number of rotatable bonds is 4. The Hall–Kier alpha value is -1.71. The summed E-state index contributed by atoms with van der Waals surface area (Å²) in [5, 5.41) is 44.5. The van der Waals surface area contributed by atoms with Crippen molar-refractivity contribution >= 4 is 5.97 Å². The van der Waals surface area contributed by atoms with E-state index in [0.717, 1.165) is 12.0 Å². The second-order valence-electron chi connectivity index (χ2n) is 11.1. The second kappa shape index (κ2) is 7.14. The average Bonchev–Trinajstić information content (AvgIpc) is 3.26. The number of fused-ring (bicyclic) bond motifs is 5. The molecule has 3 N–H and O–H groups in total. The molecule has 32 heavy (non-hydrogen) atoms. The zero-order valence-electron chi connectivity index (χ0n) is 18.5. The van der Waals surface area contributed by atoms with E-state index in [-0.39, 0.29) is 43.4 Å². The molecule has 1 heterocycles. The number of hydrogen-bond acceptors (Lipinski definition) is 8. The van der Waals surface area contributed by atoms with Gasteiger partial charge < -0.3 is 24.9 Å². The molecule has 0 unspecified atom stereocenters. The normalized spacial score (nSPS) is 50.0. The van der Waals surface area contributed by atoms with Crippen LogP contribution in [0.25, 0.3) is 0 Å². The third kappa shape index (κ3) is 2.83. The van der Waals surface area contributed by atoms with Gasteiger partial charge in [-0.25, -0.2) is 4.79 Å². The lowest BCUT2D eigenvalue weighted by atomic mass is 9.41. The van der Waals surface area contributed by atoms with Gasteiger partial charge in [0.1, 0.15) is 13.2 Å². The highest BCUT2D eigenvalue weighted by Crippen LogP contribution is 2.70. The standard InChI is InChI=1S/C23H33NO8/c1-20-6-3-17-18(23(20,28)9-5-16(20)14-10-19(26)31-12-14)4-8-22(27)11-15(25)2-7-21(17,22)13-32-24(29)30/h10,15-18,25,27-28H,2-9,11-13H2,1H3/t15-,16-,17+,18-,20+,21-,22+,23-/m0/s1. The minimum atomic E-state index is -1.25. The quantitative estimate of drug-likeness (QED) is 0.335. The Bertz CT molecular complexity index is 861. The first-order valence-corrected chi connectivity index (χ1v) is 11.8. The van der Waals surface area contributed by atoms with Gasteiger partial charge in [-0.05, 0) is 74.7 Å². The number of nitrogens with zero attached hydrogens (tertiary/aromatic N) is 1. The van der Waals surface area contributed by atoms with Crippen LogP contribution >= 0.6 is 0 Å². The van der Waals surface area contributed by atoms with Gasteiger partial charge in [-0.1, -0.05) is 6.92 Å². The summed E-state index contributed by atoms with van der Waals surface area (Å²) in [4.78, 5) is 27.7. The van der Waals surface area contributed by atoms with Crippen molar-refractivity contribution in [3.63, 3.8) is 0 Å². The van der Waals surface area contributed by atoms with Crippen molar-refractivity contribution in [1.82, 2.24) is 0 Å². The number of cyclic esters (lactones) is 1. The van der Waals surface area contributed by atoms with E-state index in [2.05, 4.69) is 6.92 Å². The fourth-order valence-corrected chi connectivity index (χ4v) is 8.65. The molecule has 0 radical (unpaired) electrons. The highest BCUT2D eigenvalue weighted by Gasteiger charge is 2.71. The number of aliphatic hydroxyl groups is 3. The van der Waals surface area contributed by atoms with Crippen LogP contribution in [0.4, 0.5) is 0 Å². The molecule has 178 valence electrons. The molecule has 5 rings (SSSR count). The van der Waals surface area contributed by atoms with Crippen molar-refractivity contribution in [1.29, 1.82) is 0 Å². The largest absolute Gasteiger partial charge is 0.458 e. The van der Waals surface area contributed by atoms with Crippen LogP contribution in [0, 0.1) is 38.7 Å². The monoisotopic (exact) mass is 451 g/mol. The maximum absolute atomic E-state index is 12.2. The summed E-state index contributed by atoms with van der Waals surface area (Å²) in [7, 11) is 0. The molecule has 0 bridgehead atoms. The van der Waals surface area contributed by atoms with E-state index in [9.17, 15) is 30.2 Å². The van der Waals surface area contributed by atoms with E-state index in [1.54, 1.807) is 6.08 Å². The molecule has 0 aromatic rings. The first-order valence-electron chi connectivity index (χ1n) is 11.8. The predicted molar refractivity (Wildman–Crippen MR) is 110 cm³/mol. The summed E-state index contributed by atoms with van der Waals surface area (Å²) >= 11 is 0. The SMILES string of the molecule is C[C@]12CC[C@@H]3[C@H](CC[C@@]4(O)C[C@@H](O)CC[C@]34CO[N+](=O)[O-])[C@@]1(O)CC[C@H]2C1=CC(=O)OC1. The van der Waals surface area contributed by atoms with Gasteiger partial charge >= 0.3 is 5.97 Å². The molecule has 4 aliphatic carbocycles. The summed E-state index contributed by atoms with van der Waals surface area (Å²) in [5.74, 6) is -0.538. The van der Waals surface area contributed by atoms with Gasteiger partial charge in [-0.3, -0.25) is 0 Å². The summed E-state index contributed by atoms with van der Waals surface area (Å²) in [6.45, 7) is 2.17. The lowest BCUT2D eigenvalue weighted by Crippen LogP contribution is -2.69. The van der Waals surface area contributed by atoms with Gasteiger partial charge in [-0.15, -0.1) is 10.1 Å². The molecular weight excluding hydrogens is 418 g/mol. The lowest BCUT2D eigenvalue weighted by Gasteiger charge is -2.66. The average molecular weight is 452 g/mol. The van der Waals surface area contributed by atoms with Crippen LogP contribution in [0.5, 0.6) is 0 Å². The van der Waals surface area contributed by atoms with E-state index < -0.39 is 33.2 Å². The van der Waals surface area contributed by atoms with Gasteiger partial charge in [0, 0.05) is 23.3 Å². The lowest BCUT2D eigenvalue weighted by molar-refractivity contribution is -0.762. The fourth-order valence-electron chi connectivity index (χ4n) is 8.65. The number of ether oxygens (including phenoxy) is 1. The molecule has 9 heteroatoms. The molecule has 0 aromatic heterocycles. The third-order valence-corrected chi connectivity index (χ3v) is 10.2. The van der Waals surface area contributed by atoms with E-state index >= 15 is 0 Å². The van der Waals surface area contributed by atoms with Crippen LogP contribution in [0.2, 0.25) is 0 Å². The maximum atomic E-state index is 12.2. The molecule has 0 spiro atoms. The van der Waals surface area contributed by atoms with Crippen molar-refractivity contribution in [2.24, 2.45) is 28.6 Å². The minimum Gasteiger partial charge on any atom is -0.458 e. The van der Waals surface area contributed by atoms with Gasteiger partial charge in [0.2, 0.25) is 0 Å². The van der Waals surface area contributed by atoms with Crippen molar-refractivity contribution < 1.29 is 34.8 Å². The first-order chi connectivity index (χ1) is 15.0. The topological polar surface area (TPSA) is 139 Å². The Balaban J connectivity index is 1.51. The number of esters is 1. The van der Waals surface area contributed by atoms with Crippen LogP contribution in [0.15, 0.2) is 11.6 Å². The van der Waals surface area contributed by atoms with E-state index in [0.29, 0.717) is 44.9 Å². The Kier molecular flexibility index (Phi) is 4.93. The van der Waals surface area contributed by atoms with Gasteiger partial charge in [0.25, 0.3) is 5.09 Å². The summed E-state index contributed by atoms with van der Waals surface area (Å²) in [6.07, 6.45) is 5.74. The van der Waals surface area contributed by atoms with Crippen LogP contribution in [0.3, 0.4) is 0 Å². The Morgan fingerprint density at radius 3 is 2.59 bits per heavy atom. The third-order valence-electron chi connectivity index (χ3n) is 10.2. The molecule has 4 fully saturated rings. The summed E-state index contributed by atoms with van der Waals surface area (Å²) in [6, 6.07) is 0. The highest BCUT2D eigenvalue weighted by atomic mass is 16.9. The Morgan fingerprint density at radius 1 is 1.16 bits per heavy atom. The molecule has 0 aromatic carbocycles. The van der Waals surface area contributed by atoms with E-state index in [1.807, 2.05) is 0 Å². The predicted octanol–water partition coefficient (Wildman–Crippen LogP) is 1.91. The van der Waals surface area contributed by atoms with Crippen LogP contribution < -0.4 is 0 Å². The Labute approximate surface area is 186 Å². The second-order valence-corrected chi connectivity index (χ2v) is 11.1. The van der Waals surface area contributed by atoms with E-state index in [4.69, 9.17) is 9.57 Å². The van der Waals surface area contributed by atoms with Crippen molar-refractivity contribution in [2.75, 3.05) is 13.2 Å². The van der Waals surface area contributed by atoms with Crippen molar-refractivity contribution in [2.45, 2.75) is 82.0 Å². The zero-order chi connectivity index (χ0) is 22.9. The molecule has 9 nitrogen and oxygen atoms in total. The fraction of sp³-hybridized carbons (Fsp3) is 0.870. The number of carbonyl (C=O) groups is 1. The van der Waals surface area contributed by atoms with Crippen LogP contribution in [-0.2, 0) is 14.4 Å². The number of aliphatic hydroxyl groups excluding tert-OH is 1. The van der Waals surface area contributed by atoms with Gasteiger partial charge in [0.05, 0.1) is 17.3 Å². The highest BCUT2D eigenvalue weighted by molar-refractivity contribution is 5.85. The zero-order valence-corrected chi connectivity index (χ0v) is 18.5. The first kappa shape index (κ1) is 22.1. The minimum absolute atomic E-state index is 0.0554. The van der Waals surface area contributed by atoms with Gasteiger partial charge in [0.15, 0.2) is 0 Å². The molecule has 1 aliphatic heterocycles. The molecule has 4 saturated carbocycles. The van der Waals surface area contributed by atoms with Gasteiger partial charge in [-0.2, -0.15) is 0 Å². The van der Waals surface area contributed by atoms with E-state index in [1.165, 1.54) is 0 Å². The van der Waals surface area contributed by atoms with Crippen LogP contribution in [-0.4, -0.2) is 56.9 Å². The molecule has 5 aliphatic rings. The molecular formula is C23H33NO8. The Morgan fingerprint density at radius 2 is 1.91 bits per heavy atom. The summed E-state index contributed by atoms with van der Waals surface area (Å²) in [5.41, 5.74) is -2.60. The molecule has 0 amide bonds. The van der Waals surface area contributed by atoms with Crippen LogP contribution in [0.1, 0.15) is 64.7 Å². The molecule has 0 saturated heterocycles. The van der Waals surface area contributed by atoms with Crippen molar-refractivity contribution in [3.05, 3.63) is 21.8 Å². The van der Waals surface area contributed by atoms with Crippen molar-refractivity contribution in [3.8, 4) is 0 Å². The smallest absolute Gasteiger partial charge is 0.331 e.